The smallest absolute Gasteiger partial charge is 0.338 e. The van der Waals surface area contributed by atoms with Gasteiger partial charge in [-0.25, -0.2) is 9.79 Å². The van der Waals surface area contributed by atoms with Crippen LogP contribution in [0.5, 0.6) is 5.75 Å². The first-order valence-corrected chi connectivity index (χ1v) is 11.1. The first kappa shape index (κ1) is 21.8. The molecule has 1 atom stereocenters. The Morgan fingerprint density at radius 3 is 2.62 bits per heavy atom. The normalized spacial score (nSPS) is 16.0. The molecule has 1 aliphatic heterocycles. The van der Waals surface area contributed by atoms with E-state index in [2.05, 4.69) is 10.1 Å². The summed E-state index contributed by atoms with van der Waals surface area (Å²) < 4.78 is 14.5. The number of esters is 1. The maximum atomic E-state index is 13.5. The largest absolute Gasteiger partial charge is 0.497 e. The highest BCUT2D eigenvalue weighted by Gasteiger charge is 2.33. The molecule has 32 heavy (non-hydrogen) atoms. The Balaban J connectivity index is 1.92. The summed E-state index contributed by atoms with van der Waals surface area (Å²) >= 11 is 1.29. The Labute approximate surface area is 188 Å². The van der Waals surface area contributed by atoms with Gasteiger partial charge >= 0.3 is 5.97 Å². The lowest BCUT2D eigenvalue weighted by Crippen LogP contribution is -2.39. The third kappa shape index (κ3) is 3.91. The van der Waals surface area contributed by atoms with Gasteiger partial charge in [0.15, 0.2) is 4.80 Å². The van der Waals surface area contributed by atoms with E-state index in [0.717, 1.165) is 17.7 Å². The Morgan fingerprint density at radius 1 is 1.25 bits per heavy atom. The molecule has 0 radical (unpaired) electrons. The van der Waals surface area contributed by atoms with E-state index >= 15 is 0 Å². The van der Waals surface area contributed by atoms with Gasteiger partial charge in [-0.05, 0) is 44.5 Å². The summed E-state index contributed by atoms with van der Waals surface area (Å²) in [5.41, 5.74) is 2.29. The number of fused-ring (bicyclic) bond motifs is 1. The van der Waals surface area contributed by atoms with Crippen LogP contribution in [0.2, 0.25) is 0 Å². The van der Waals surface area contributed by atoms with E-state index < -0.39 is 12.0 Å². The fraction of sp³-hybridized carbons (Fsp3) is 0.304. The Bertz CT molecular complexity index is 1360. The van der Waals surface area contributed by atoms with Crippen molar-refractivity contribution in [2.45, 2.75) is 33.4 Å². The summed E-state index contributed by atoms with van der Waals surface area (Å²) in [5, 5.41) is 4.27. The number of methoxy groups -OCH3 is 1. The van der Waals surface area contributed by atoms with Gasteiger partial charge in [-0.1, -0.05) is 23.5 Å². The maximum absolute atomic E-state index is 13.5. The zero-order chi connectivity index (χ0) is 22.8. The van der Waals surface area contributed by atoms with Crippen molar-refractivity contribution in [2.24, 2.45) is 4.99 Å². The van der Waals surface area contributed by atoms with Crippen LogP contribution in [0, 0.1) is 0 Å². The molecule has 1 aliphatic rings. The molecule has 3 aromatic rings. The number of carbonyl (C=O) groups excluding carboxylic acids is 1. The van der Waals surface area contributed by atoms with Crippen LogP contribution < -0.4 is 19.6 Å². The van der Waals surface area contributed by atoms with Crippen LogP contribution in [0.3, 0.4) is 0 Å². The van der Waals surface area contributed by atoms with Crippen molar-refractivity contribution in [1.29, 1.82) is 0 Å². The maximum Gasteiger partial charge on any atom is 0.338 e. The van der Waals surface area contributed by atoms with E-state index in [-0.39, 0.29) is 12.2 Å². The molecule has 0 spiro atoms. The third-order valence-electron chi connectivity index (χ3n) is 5.22. The number of hydrogen-bond acceptors (Lipinski definition) is 7. The number of aryl methyl sites for hydroxylation is 1. The van der Waals surface area contributed by atoms with Crippen molar-refractivity contribution < 1.29 is 14.3 Å². The fourth-order valence-electron chi connectivity index (χ4n) is 3.67. The van der Waals surface area contributed by atoms with Crippen molar-refractivity contribution in [2.75, 3.05) is 13.7 Å². The number of carbonyl (C=O) groups is 1. The minimum Gasteiger partial charge on any atom is -0.497 e. The molecule has 0 aliphatic carbocycles. The van der Waals surface area contributed by atoms with E-state index in [1.165, 1.54) is 11.3 Å². The molecular formula is C23H24N4O4S. The molecule has 166 valence electrons. The molecule has 0 saturated carbocycles. The third-order valence-corrected chi connectivity index (χ3v) is 6.21. The van der Waals surface area contributed by atoms with E-state index in [1.54, 1.807) is 42.5 Å². The first-order valence-electron chi connectivity index (χ1n) is 10.3. The van der Waals surface area contributed by atoms with Gasteiger partial charge in [0.25, 0.3) is 5.56 Å². The molecule has 0 N–H and O–H groups in total. The van der Waals surface area contributed by atoms with Crippen molar-refractivity contribution >= 4 is 23.4 Å². The molecule has 8 nitrogen and oxygen atoms in total. The highest BCUT2D eigenvalue weighted by Crippen LogP contribution is 2.31. The monoisotopic (exact) mass is 452 g/mol. The zero-order valence-electron chi connectivity index (χ0n) is 18.4. The molecule has 0 saturated heterocycles. The molecule has 1 aromatic carbocycles. The summed E-state index contributed by atoms with van der Waals surface area (Å²) in [4.78, 5) is 31.5. The number of rotatable bonds is 6. The van der Waals surface area contributed by atoms with Crippen molar-refractivity contribution in [3.8, 4) is 5.75 Å². The van der Waals surface area contributed by atoms with E-state index in [1.807, 2.05) is 37.4 Å². The van der Waals surface area contributed by atoms with Crippen molar-refractivity contribution in [3.63, 3.8) is 0 Å². The molecular weight excluding hydrogens is 428 g/mol. The minimum absolute atomic E-state index is 0.215. The van der Waals surface area contributed by atoms with Crippen molar-refractivity contribution in [3.05, 3.63) is 78.7 Å². The van der Waals surface area contributed by atoms with Gasteiger partial charge in [-0.3, -0.25) is 14.0 Å². The van der Waals surface area contributed by atoms with Gasteiger partial charge in [0.1, 0.15) is 5.75 Å². The van der Waals surface area contributed by atoms with Crippen LogP contribution in [-0.4, -0.2) is 34.0 Å². The molecule has 0 unspecified atom stereocenters. The van der Waals surface area contributed by atoms with Crippen LogP contribution in [0.25, 0.3) is 6.08 Å². The van der Waals surface area contributed by atoms with Crippen LogP contribution in [0.1, 0.15) is 37.9 Å². The second kappa shape index (κ2) is 8.96. The average Bonchev–Trinajstić information content (AvgIpc) is 3.37. The number of nitrogens with zero attached hydrogens (tertiary/aromatic N) is 4. The lowest BCUT2D eigenvalue weighted by atomic mass is 9.96. The minimum atomic E-state index is -0.642. The van der Waals surface area contributed by atoms with E-state index in [9.17, 15) is 9.59 Å². The van der Waals surface area contributed by atoms with Crippen LogP contribution in [-0.2, 0) is 16.1 Å². The quantitative estimate of drug-likeness (QED) is 0.534. The van der Waals surface area contributed by atoms with Crippen LogP contribution >= 0.6 is 11.3 Å². The molecule has 9 heteroatoms. The Morgan fingerprint density at radius 2 is 2.00 bits per heavy atom. The molecule has 0 fully saturated rings. The Hall–Kier alpha value is -3.46. The molecule has 4 rings (SSSR count). The highest BCUT2D eigenvalue weighted by molar-refractivity contribution is 7.07. The van der Waals surface area contributed by atoms with E-state index in [4.69, 9.17) is 9.47 Å². The summed E-state index contributed by atoms with van der Waals surface area (Å²) in [6, 6.07) is 6.68. The predicted octanol–water partition coefficient (Wildman–Crippen LogP) is 2.02. The molecule has 3 heterocycles. The fourth-order valence-corrected chi connectivity index (χ4v) is 4.72. The topological polar surface area (TPSA) is 87.7 Å². The SMILES string of the molecule is CCOC(=O)C1=C(C)N=c2s/c(=C/c3cnn(CC)c3)c(=O)n2[C@H]1c1ccc(OC)cc1. The number of ether oxygens (including phenoxy) is 2. The van der Waals surface area contributed by atoms with Gasteiger partial charge in [0.05, 0.1) is 41.8 Å². The van der Waals surface area contributed by atoms with Crippen LogP contribution in [0.4, 0.5) is 0 Å². The van der Waals surface area contributed by atoms with Gasteiger partial charge < -0.3 is 9.47 Å². The number of hydrogen-bond donors (Lipinski definition) is 0. The number of allylic oxidation sites excluding steroid dienone is 1. The first-order chi connectivity index (χ1) is 15.5. The van der Waals surface area contributed by atoms with Gasteiger partial charge in [-0.15, -0.1) is 0 Å². The van der Waals surface area contributed by atoms with Gasteiger partial charge in [-0.2, -0.15) is 5.10 Å². The zero-order valence-corrected chi connectivity index (χ0v) is 19.2. The summed E-state index contributed by atoms with van der Waals surface area (Å²) in [5.74, 6) is 0.209. The summed E-state index contributed by atoms with van der Waals surface area (Å²) in [6.07, 6.45) is 5.41. The number of thiazole rings is 1. The van der Waals surface area contributed by atoms with Crippen LogP contribution in [0.15, 0.2) is 57.7 Å². The number of aromatic nitrogens is 3. The molecule has 0 bridgehead atoms. The lowest BCUT2D eigenvalue weighted by Gasteiger charge is -2.24. The van der Waals surface area contributed by atoms with Crippen molar-refractivity contribution in [1.82, 2.24) is 14.3 Å². The molecule has 2 aromatic heterocycles. The average molecular weight is 453 g/mol. The van der Waals surface area contributed by atoms with E-state index in [0.29, 0.717) is 26.4 Å². The lowest BCUT2D eigenvalue weighted by molar-refractivity contribution is -0.139. The standard InChI is InChI=1S/C23H24N4O4S/c1-5-26-13-15(12-24-26)11-18-21(28)27-20(16-7-9-17(30-4)10-8-16)19(22(29)31-6-2)14(3)25-23(27)32-18/h7-13,20H,5-6H2,1-4H3/b18-11+/t20-/m0/s1. The summed E-state index contributed by atoms with van der Waals surface area (Å²) in [6.45, 7) is 6.50. The number of benzene rings is 1. The molecule has 0 amide bonds. The second-order valence-corrected chi connectivity index (χ2v) is 8.21. The van der Waals surface area contributed by atoms with Gasteiger partial charge in [0.2, 0.25) is 0 Å². The Kier molecular flexibility index (Phi) is 6.09. The van der Waals surface area contributed by atoms with Gasteiger partial charge in [0, 0.05) is 18.3 Å². The highest BCUT2D eigenvalue weighted by atomic mass is 32.1. The predicted molar refractivity (Wildman–Crippen MR) is 121 cm³/mol. The summed E-state index contributed by atoms with van der Waals surface area (Å²) in [7, 11) is 1.59. The second-order valence-electron chi connectivity index (χ2n) is 7.20.